The topological polar surface area (TPSA) is 166 Å². The first-order valence-electron chi connectivity index (χ1n) is 2.21. The second-order valence-corrected chi connectivity index (χ2v) is 1.14. The van der Waals surface area contributed by atoms with Crippen LogP contribution in [0, 0.1) is 11.5 Å². The molecule has 0 unspecified atom stereocenters. The molecule has 8 nitrogen and oxygen atoms in total. The molecule has 60 valence electrons. The molecule has 0 saturated carbocycles. The third kappa shape index (κ3) is 18.2. The summed E-state index contributed by atoms with van der Waals surface area (Å²) in [5, 5.41) is 14.9. The van der Waals surface area contributed by atoms with Crippen LogP contribution < -0.4 is 23.2 Å². The third-order valence-corrected chi connectivity index (χ3v) is 0.398. The van der Waals surface area contributed by atoms with Crippen molar-refractivity contribution < 1.29 is 4.79 Å². The van der Waals surface area contributed by atoms with Crippen molar-refractivity contribution in [2.75, 3.05) is 0 Å². The molecule has 8 heteroatoms. The van der Waals surface area contributed by atoms with Gasteiger partial charge in [-0.15, -0.1) is 6.01 Å². The largest absolute Gasteiger partial charge is 0.422 e. The van der Waals surface area contributed by atoms with Crippen LogP contribution in [0.4, 0.5) is 0 Å². The van der Waals surface area contributed by atoms with Gasteiger partial charge in [-0.05, 0) is 0 Å². The number of hydrazone groups is 2. The predicted octanol–water partition coefficient (Wildman–Crippen LogP) is -2.77. The molecule has 0 bridgehead atoms. The van der Waals surface area contributed by atoms with Gasteiger partial charge in [0.2, 0.25) is 0 Å². The minimum Gasteiger partial charge on any atom is -0.422 e. The van der Waals surface area contributed by atoms with Crippen LogP contribution >= 0.6 is 0 Å². The van der Waals surface area contributed by atoms with Crippen molar-refractivity contribution in [1.29, 1.82) is 5.26 Å². The van der Waals surface area contributed by atoms with Crippen molar-refractivity contribution in [2.24, 2.45) is 28.1 Å². The van der Waals surface area contributed by atoms with Crippen molar-refractivity contribution in [3.8, 4) is 6.19 Å². The number of rotatable bonds is 0. The standard InChI is InChI=1S/C2N3.CH7N5/c3-1-5-2-4;2-1(3)6(4)5/h;4-5H2,(H3,2,3)/q-1;/p+1. The fourth-order valence-electron chi connectivity index (χ4n) is 0.0224. The summed E-state index contributed by atoms with van der Waals surface area (Å²) in [6, 6.07) is 1.28. The van der Waals surface area contributed by atoms with Crippen molar-refractivity contribution in [3.05, 3.63) is 5.41 Å². The first kappa shape index (κ1) is 11.5. The molecule has 0 aliphatic carbocycles. The summed E-state index contributed by atoms with van der Waals surface area (Å²) in [7, 11) is 0. The Morgan fingerprint density at radius 3 is 1.82 bits per heavy atom. The number of nitrogens with two attached hydrogens (primary N) is 4. The molecule has 0 amide bonds. The van der Waals surface area contributed by atoms with E-state index in [1.165, 1.54) is 12.2 Å². The Morgan fingerprint density at radius 1 is 1.45 bits per heavy atom. The molecule has 11 heavy (non-hydrogen) atoms. The second-order valence-electron chi connectivity index (χ2n) is 1.14. The highest BCUT2D eigenvalue weighted by Gasteiger charge is 1.84. The van der Waals surface area contributed by atoms with Gasteiger partial charge in [-0.2, -0.15) is 5.26 Å². The predicted molar refractivity (Wildman–Crippen MR) is 38.4 cm³/mol. The molecule has 0 radical (unpaired) electrons. The SMILES string of the molecule is N#CN=C=[N-].NC(N)=[N+](N)N. The molecule has 0 aromatic heterocycles. The lowest BCUT2D eigenvalue weighted by molar-refractivity contribution is -0.553. The van der Waals surface area contributed by atoms with E-state index in [9.17, 15) is 0 Å². The highest BCUT2D eigenvalue weighted by molar-refractivity contribution is 5.69. The Balaban J connectivity index is 0. The molecule has 0 aliphatic heterocycles. The maximum atomic E-state index is 7.43. The first-order chi connectivity index (χ1) is 5.06. The number of guanidine groups is 1. The second kappa shape index (κ2) is 7.74. The molecule has 0 heterocycles. The average molecular weight is 156 g/mol. The Labute approximate surface area is 62.9 Å². The van der Waals surface area contributed by atoms with E-state index >= 15 is 0 Å². The Bertz CT molecular complexity index is 196. The van der Waals surface area contributed by atoms with Gasteiger partial charge in [-0.1, -0.05) is 4.79 Å². The summed E-state index contributed by atoms with van der Waals surface area (Å²) in [5.74, 6) is 9.42. The van der Waals surface area contributed by atoms with E-state index in [2.05, 4.69) is 4.99 Å². The summed E-state index contributed by atoms with van der Waals surface area (Å²) < 4.78 is 0. The quantitative estimate of drug-likeness (QED) is 0.0742. The van der Waals surface area contributed by atoms with Gasteiger partial charge in [-0.25, -0.2) is 0 Å². The Kier molecular flexibility index (Phi) is 8.11. The first-order valence-corrected chi connectivity index (χ1v) is 2.21. The number of hydrogen-bond donors (Lipinski definition) is 4. The van der Waals surface area contributed by atoms with Crippen molar-refractivity contribution in [1.82, 2.24) is 0 Å². The van der Waals surface area contributed by atoms with Gasteiger partial charge in [0.15, 0.2) is 0 Å². The van der Waals surface area contributed by atoms with E-state index in [0.29, 0.717) is 4.79 Å². The highest BCUT2D eigenvalue weighted by atomic mass is 15.5. The Hall–Kier alpha value is -2.26. The van der Waals surface area contributed by atoms with E-state index in [4.69, 9.17) is 33.8 Å². The van der Waals surface area contributed by atoms with E-state index in [0.717, 1.165) is 0 Å². The molecule has 0 spiro atoms. The van der Waals surface area contributed by atoms with Gasteiger partial charge in [0.1, 0.15) is 0 Å². The highest BCUT2D eigenvalue weighted by Crippen LogP contribution is 1.43. The van der Waals surface area contributed by atoms with Crippen LogP contribution in [0.25, 0.3) is 5.41 Å². The van der Waals surface area contributed by atoms with Crippen LogP contribution in [-0.2, 0) is 0 Å². The minimum absolute atomic E-state index is 0.102. The summed E-state index contributed by atoms with van der Waals surface area (Å²) in [6.07, 6.45) is 1.28. The monoisotopic (exact) mass is 156 g/mol. The number of hydrazine groups is 2. The van der Waals surface area contributed by atoms with Crippen LogP contribution in [0.2, 0.25) is 0 Å². The molecule has 0 fully saturated rings. The summed E-state index contributed by atoms with van der Waals surface area (Å²) in [4.78, 5) is 3.22. The lowest BCUT2D eigenvalue weighted by atomic mass is 11.1. The lowest BCUT2D eigenvalue weighted by Crippen LogP contribution is -2.43. The van der Waals surface area contributed by atoms with Crippen LogP contribution in [0.3, 0.4) is 0 Å². The van der Waals surface area contributed by atoms with E-state index < -0.39 is 0 Å². The zero-order chi connectivity index (χ0) is 9.28. The maximum absolute atomic E-state index is 7.43. The molecule has 0 aromatic carbocycles. The lowest BCUT2D eigenvalue weighted by Gasteiger charge is -1.86. The molecular weight excluding hydrogens is 148 g/mol. The Morgan fingerprint density at radius 2 is 1.82 bits per heavy atom. The molecule has 0 aromatic rings. The van der Waals surface area contributed by atoms with Crippen LogP contribution in [0.1, 0.15) is 0 Å². The van der Waals surface area contributed by atoms with Gasteiger partial charge in [0.25, 0.3) is 0 Å². The van der Waals surface area contributed by atoms with Crippen molar-refractivity contribution in [3.63, 3.8) is 0 Å². The zero-order valence-electron chi connectivity index (χ0n) is 5.60. The van der Waals surface area contributed by atoms with Crippen LogP contribution in [0.5, 0.6) is 0 Å². The number of aliphatic imine (C=N–C) groups is 1. The molecule has 0 aliphatic rings. The molecule has 8 N–H and O–H groups in total. The van der Waals surface area contributed by atoms with Gasteiger partial charge >= 0.3 is 5.96 Å². The van der Waals surface area contributed by atoms with E-state index in [1.807, 2.05) is 0 Å². The number of nitriles is 1. The number of hydrogen-bond acceptors (Lipinski definition) is 4. The van der Waals surface area contributed by atoms with E-state index in [-0.39, 0.29) is 5.96 Å². The minimum atomic E-state index is -0.102. The number of nitrogens with zero attached hydrogens (tertiary/aromatic N) is 4. The third-order valence-electron chi connectivity index (χ3n) is 0.398. The zero-order valence-corrected chi connectivity index (χ0v) is 5.60. The summed E-state index contributed by atoms with van der Waals surface area (Å²) in [6.45, 7) is 0. The van der Waals surface area contributed by atoms with Gasteiger partial charge in [0.05, 0.1) is 6.19 Å². The van der Waals surface area contributed by atoms with Gasteiger partial charge in [-0.3, -0.25) is 23.2 Å². The fourth-order valence-corrected chi connectivity index (χ4v) is 0.0224. The molecular formula is C3H8N8. The molecule has 0 atom stereocenters. The van der Waals surface area contributed by atoms with Crippen molar-refractivity contribution in [2.45, 2.75) is 0 Å². The van der Waals surface area contributed by atoms with E-state index in [1.54, 1.807) is 0 Å². The summed E-state index contributed by atoms with van der Waals surface area (Å²) >= 11 is 0. The van der Waals surface area contributed by atoms with Crippen molar-refractivity contribution >= 4 is 12.0 Å². The van der Waals surface area contributed by atoms with Crippen LogP contribution in [0.15, 0.2) is 4.99 Å². The average Bonchev–Trinajstić information content (AvgIpc) is 1.90. The molecule has 0 rings (SSSR count). The smallest absolute Gasteiger partial charge is 0.385 e. The van der Waals surface area contributed by atoms with Crippen LogP contribution in [-0.4, -0.2) is 16.8 Å². The normalized spacial score (nSPS) is 5.73. The summed E-state index contributed by atoms with van der Waals surface area (Å²) in [5.41, 5.74) is 9.61. The molecule has 0 saturated heterocycles. The maximum Gasteiger partial charge on any atom is 0.385 e. The van der Waals surface area contributed by atoms with Gasteiger partial charge in [0, 0.05) is 0 Å². The van der Waals surface area contributed by atoms with Gasteiger partial charge < -0.3 is 10.4 Å². The fraction of sp³-hybridized carbons (Fsp3) is 0.